The van der Waals surface area contributed by atoms with Gasteiger partial charge in [-0.2, -0.15) is 0 Å². The van der Waals surface area contributed by atoms with Crippen molar-refractivity contribution in [1.29, 1.82) is 0 Å². The normalized spacial score (nSPS) is 14.1. The van der Waals surface area contributed by atoms with E-state index in [1.54, 1.807) is 47.1 Å². The van der Waals surface area contributed by atoms with Crippen LogP contribution < -0.4 is 25.4 Å². The van der Waals surface area contributed by atoms with E-state index < -0.39 is 41.7 Å². The van der Waals surface area contributed by atoms with E-state index in [1.807, 2.05) is 50.2 Å². The van der Waals surface area contributed by atoms with Crippen LogP contribution in [0.3, 0.4) is 0 Å². The summed E-state index contributed by atoms with van der Waals surface area (Å²) in [7, 11) is 4.61. The van der Waals surface area contributed by atoms with Crippen molar-refractivity contribution >= 4 is 17.9 Å². The summed E-state index contributed by atoms with van der Waals surface area (Å²) >= 11 is 0. The van der Waals surface area contributed by atoms with E-state index in [0.717, 1.165) is 11.1 Å². The number of carbonyl (C=O) groups is 3. The molecule has 0 radical (unpaired) electrons. The van der Waals surface area contributed by atoms with Crippen LogP contribution in [0.5, 0.6) is 11.5 Å². The van der Waals surface area contributed by atoms with E-state index >= 15 is 0 Å². The lowest BCUT2D eigenvalue weighted by Crippen LogP contribution is -2.53. The summed E-state index contributed by atoms with van der Waals surface area (Å²) in [6.45, 7) is 9.62. The fraction of sp³-hybridized carbons (Fsp3) is 0.559. The van der Waals surface area contributed by atoms with Gasteiger partial charge in [-0.3, -0.25) is 9.59 Å². The van der Waals surface area contributed by atoms with E-state index in [9.17, 15) is 19.5 Å². The standard InChI is InChI=1S/C34H51N3O8/c1-22(2)30(32(40)35-16-17-42-6)37-31(39)25(18-24-14-15-28(43-7)29(20-24)44-8)21-27(38)26(19-23-12-10-9-11-13-23)36-33(41)45-34(3,4)5/h9-15,20,22,25-27,30,38H,16-19,21H2,1-8H3,(H,35,40)(H,36,41)(H,37,39). The Morgan fingerprint density at radius 1 is 0.844 bits per heavy atom. The summed E-state index contributed by atoms with van der Waals surface area (Å²) in [5.74, 6) is -0.664. The van der Waals surface area contributed by atoms with Gasteiger partial charge in [0.05, 0.1) is 33.0 Å². The van der Waals surface area contributed by atoms with Crippen LogP contribution in [0, 0.1) is 11.8 Å². The first kappa shape index (κ1) is 37.4. The number of hydrogen-bond acceptors (Lipinski definition) is 8. The van der Waals surface area contributed by atoms with Gasteiger partial charge in [-0.05, 0) is 69.2 Å². The number of amides is 3. The molecule has 0 aliphatic carbocycles. The first-order valence-electron chi connectivity index (χ1n) is 15.3. The molecule has 4 N–H and O–H groups in total. The number of aliphatic hydroxyl groups excluding tert-OH is 1. The van der Waals surface area contributed by atoms with Gasteiger partial charge < -0.3 is 40.0 Å². The van der Waals surface area contributed by atoms with Gasteiger partial charge in [0.1, 0.15) is 11.6 Å². The average Bonchev–Trinajstić information content (AvgIpc) is 2.98. The number of alkyl carbamates (subject to hydrolysis) is 1. The third-order valence-corrected chi connectivity index (χ3v) is 7.14. The largest absolute Gasteiger partial charge is 0.493 e. The molecule has 0 saturated heterocycles. The number of hydrogen-bond donors (Lipinski definition) is 4. The molecule has 3 amide bonds. The second-order valence-corrected chi connectivity index (χ2v) is 12.3. The first-order valence-corrected chi connectivity index (χ1v) is 15.3. The molecular formula is C34H51N3O8. The number of aliphatic hydroxyl groups is 1. The Morgan fingerprint density at radius 3 is 2.09 bits per heavy atom. The molecule has 2 aromatic carbocycles. The van der Waals surface area contributed by atoms with Gasteiger partial charge >= 0.3 is 6.09 Å². The minimum atomic E-state index is -1.14. The zero-order valence-corrected chi connectivity index (χ0v) is 27.8. The SMILES string of the molecule is COCCNC(=O)C(NC(=O)C(Cc1ccc(OC)c(OC)c1)CC(O)C(Cc1ccccc1)NC(=O)OC(C)(C)C)C(C)C. The topological polar surface area (TPSA) is 144 Å². The van der Waals surface area contributed by atoms with E-state index in [-0.39, 0.29) is 24.7 Å². The molecule has 0 bridgehead atoms. The molecule has 11 heteroatoms. The Morgan fingerprint density at radius 2 is 1.51 bits per heavy atom. The second-order valence-electron chi connectivity index (χ2n) is 12.3. The van der Waals surface area contributed by atoms with Crippen molar-refractivity contribution in [2.45, 2.75) is 77.7 Å². The van der Waals surface area contributed by atoms with E-state index in [4.69, 9.17) is 18.9 Å². The van der Waals surface area contributed by atoms with Gasteiger partial charge in [0, 0.05) is 19.6 Å². The van der Waals surface area contributed by atoms with Gasteiger partial charge in [-0.25, -0.2) is 4.79 Å². The molecule has 45 heavy (non-hydrogen) atoms. The van der Waals surface area contributed by atoms with Crippen LogP contribution in [-0.4, -0.2) is 81.3 Å². The number of benzene rings is 2. The number of methoxy groups -OCH3 is 3. The minimum Gasteiger partial charge on any atom is -0.493 e. The summed E-state index contributed by atoms with van der Waals surface area (Å²) < 4.78 is 21.3. The summed E-state index contributed by atoms with van der Waals surface area (Å²) in [5.41, 5.74) is 0.925. The maximum atomic E-state index is 13.9. The van der Waals surface area contributed by atoms with Crippen molar-refractivity contribution in [2.75, 3.05) is 34.5 Å². The highest BCUT2D eigenvalue weighted by molar-refractivity contribution is 5.88. The fourth-order valence-electron chi connectivity index (χ4n) is 4.83. The van der Waals surface area contributed by atoms with Crippen LogP contribution >= 0.6 is 0 Å². The highest BCUT2D eigenvalue weighted by atomic mass is 16.6. The summed E-state index contributed by atoms with van der Waals surface area (Å²) in [6, 6.07) is 13.2. The molecule has 0 aromatic heterocycles. The number of carbonyl (C=O) groups excluding carboxylic acids is 3. The van der Waals surface area contributed by atoms with Crippen molar-refractivity contribution in [2.24, 2.45) is 11.8 Å². The summed E-state index contributed by atoms with van der Waals surface area (Å²) in [4.78, 5) is 39.7. The number of ether oxygens (including phenoxy) is 4. The van der Waals surface area contributed by atoms with Crippen LogP contribution in [0.15, 0.2) is 48.5 Å². The van der Waals surface area contributed by atoms with Gasteiger partial charge in [0.15, 0.2) is 11.5 Å². The first-order chi connectivity index (χ1) is 21.3. The Kier molecular flexibility index (Phi) is 15.1. The van der Waals surface area contributed by atoms with Crippen LogP contribution in [0.25, 0.3) is 0 Å². The van der Waals surface area contributed by atoms with E-state index in [2.05, 4.69) is 16.0 Å². The zero-order chi connectivity index (χ0) is 33.6. The second kappa shape index (κ2) is 18.2. The molecule has 0 heterocycles. The molecule has 2 rings (SSSR count). The van der Waals surface area contributed by atoms with E-state index in [0.29, 0.717) is 31.1 Å². The molecule has 250 valence electrons. The molecule has 0 aliphatic rings. The smallest absolute Gasteiger partial charge is 0.407 e. The molecule has 4 atom stereocenters. The van der Waals surface area contributed by atoms with Crippen molar-refractivity contribution < 1.29 is 38.4 Å². The highest BCUT2D eigenvalue weighted by Gasteiger charge is 2.33. The van der Waals surface area contributed by atoms with Crippen LogP contribution in [0.2, 0.25) is 0 Å². The maximum absolute atomic E-state index is 13.9. The molecule has 4 unspecified atom stereocenters. The third kappa shape index (κ3) is 13.0. The third-order valence-electron chi connectivity index (χ3n) is 7.14. The molecule has 0 aliphatic heterocycles. The van der Waals surface area contributed by atoms with Crippen LogP contribution in [0.1, 0.15) is 52.2 Å². The Hall–Kier alpha value is -3.83. The monoisotopic (exact) mass is 629 g/mol. The maximum Gasteiger partial charge on any atom is 0.407 e. The Labute approximate surface area is 267 Å². The Balaban J connectivity index is 2.40. The van der Waals surface area contributed by atoms with Crippen LogP contribution in [-0.2, 0) is 31.9 Å². The number of rotatable bonds is 17. The average molecular weight is 630 g/mol. The Bertz CT molecular complexity index is 1220. The molecule has 11 nitrogen and oxygen atoms in total. The lowest BCUT2D eigenvalue weighted by atomic mass is 9.88. The number of nitrogens with one attached hydrogen (secondary N) is 3. The molecule has 2 aromatic rings. The predicted molar refractivity (Wildman–Crippen MR) is 172 cm³/mol. The van der Waals surface area contributed by atoms with Gasteiger partial charge in [0.2, 0.25) is 11.8 Å². The molecular weight excluding hydrogens is 578 g/mol. The van der Waals surface area contributed by atoms with Crippen molar-refractivity contribution in [3.63, 3.8) is 0 Å². The van der Waals surface area contributed by atoms with Gasteiger partial charge in [0.25, 0.3) is 0 Å². The minimum absolute atomic E-state index is 0.0103. The lowest BCUT2D eigenvalue weighted by Gasteiger charge is -2.30. The quantitative estimate of drug-likeness (QED) is 0.194. The van der Waals surface area contributed by atoms with Gasteiger partial charge in [-0.1, -0.05) is 50.2 Å². The molecule has 0 fully saturated rings. The van der Waals surface area contributed by atoms with Crippen LogP contribution in [0.4, 0.5) is 4.79 Å². The van der Waals surface area contributed by atoms with Crippen molar-refractivity contribution in [1.82, 2.24) is 16.0 Å². The highest BCUT2D eigenvalue weighted by Crippen LogP contribution is 2.29. The van der Waals surface area contributed by atoms with E-state index in [1.165, 1.54) is 7.11 Å². The van der Waals surface area contributed by atoms with Crippen molar-refractivity contribution in [3.05, 3.63) is 59.7 Å². The lowest BCUT2D eigenvalue weighted by molar-refractivity contribution is -0.132. The van der Waals surface area contributed by atoms with Gasteiger partial charge in [-0.15, -0.1) is 0 Å². The predicted octanol–water partition coefficient (Wildman–Crippen LogP) is 3.65. The fourth-order valence-corrected chi connectivity index (χ4v) is 4.83. The summed E-state index contributed by atoms with van der Waals surface area (Å²) in [6.07, 6.45) is -1.28. The molecule has 0 spiro atoms. The summed E-state index contributed by atoms with van der Waals surface area (Å²) in [5, 5.41) is 20.1. The van der Waals surface area contributed by atoms with Crippen molar-refractivity contribution in [3.8, 4) is 11.5 Å². The zero-order valence-electron chi connectivity index (χ0n) is 27.8. The molecule has 0 saturated carbocycles.